The number of aliphatic carboxylic acids is 1. The van der Waals surface area contributed by atoms with Gasteiger partial charge in [-0.2, -0.15) is 0 Å². The van der Waals surface area contributed by atoms with Crippen molar-refractivity contribution in [2.45, 2.75) is 19.3 Å². The van der Waals surface area contributed by atoms with Crippen molar-refractivity contribution in [3.05, 3.63) is 36.0 Å². The molecule has 1 aliphatic carbocycles. The molecule has 1 aromatic carbocycles. The first kappa shape index (κ1) is 12.7. The maximum atomic E-state index is 12.1. The van der Waals surface area contributed by atoms with Crippen LogP contribution < -0.4 is 5.32 Å². The summed E-state index contributed by atoms with van der Waals surface area (Å²) in [5, 5.41) is 12.9. The van der Waals surface area contributed by atoms with Gasteiger partial charge in [0.25, 0.3) is 5.91 Å². The predicted molar refractivity (Wildman–Crippen MR) is 74.6 cm³/mol. The van der Waals surface area contributed by atoms with Crippen molar-refractivity contribution in [1.82, 2.24) is 10.3 Å². The smallest absolute Gasteiger partial charge is 0.311 e. The van der Waals surface area contributed by atoms with Gasteiger partial charge in [0.1, 0.15) is 5.69 Å². The highest BCUT2D eigenvalue weighted by molar-refractivity contribution is 5.98. The van der Waals surface area contributed by atoms with Gasteiger partial charge in [0.2, 0.25) is 0 Å². The fourth-order valence-electron chi connectivity index (χ4n) is 2.61. The van der Waals surface area contributed by atoms with Gasteiger partial charge < -0.3 is 15.4 Å². The van der Waals surface area contributed by atoms with E-state index in [9.17, 15) is 14.7 Å². The highest BCUT2D eigenvalue weighted by Gasteiger charge is 2.44. The molecule has 20 heavy (non-hydrogen) atoms. The Balaban J connectivity index is 1.71. The second-order valence-electron chi connectivity index (χ2n) is 5.39. The molecule has 1 saturated carbocycles. The number of fused-ring (bicyclic) bond motifs is 1. The molecule has 1 amide bonds. The van der Waals surface area contributed by atoms with Crippen molar-refractivity contribution in [3.8, 4) is 0 Å². The molecule has 0 saturated heterocycles. The topological polar surface area (TPSA) is 82.2 Å². The van der Waals surface area contributed by atoms with Crippen LogP contribution in [0.2, 0.25) is 0 Å². The molecule has 0 unspecified atom stereocenters. The van der Waals surface area contributed by atoms with Gasteiger partial charge in [-0.15, -0.1) is 0 Å². The monoisotopic (exact) mass is 272 g/mol. The maximum Gasteiger partial charge on any atom is 0.311 e. The number of carbonyl (C=O) groups excluding carboxylic acids is 1. The van der Waals surface area contributed by atoms with Crippen molar-refractivity contribution < 1.29 is 14.7 Å². The van der Waals surface area contributed by atoms with E-state index in [-0.39, 0.29) is 12.5 Å². The normalized spacial score (nSPS) is 16.6. The average molecular weight is 272 g/mol. The predicted octanol–water partition coefficient (Wildman–Crippen LogP) is 2.15. The van der Waals surface area contributed by atoms with E-state index in [1.54, 1.807) is 6.07 Å². The first-order chi connectivity index (χ1) is 9.61. The van der Waals surface area contributed by atoms with Crippen LogP contribution in [-0.4, -0.2) is 28.5 Å². The fraction of sp³-hybridized carbons (Fsp3) is 0.333. The molecule has 1 heterocycles. The Bertz CT molecular complexity index is 638. The van der Waals surface area contributed by atoms with Crippen molar-refractivity contribution in [3.63, 3.8) is 0 Å². The number of rotatable bonds is 4. The number of para-hydroxylation sites is 1. The van der Waals surface area contributed by atoms with E-state index in [2.05, 4.69) is 10.3 Å². The van der Waals surface area contributed by atoms with Crippen LogP contribution in [0.15, 0.2) is 30.3 Å². The van der Waals surface area contributed by atoms with Gasteiger partial charge in [0.15, 0.2) is 0 Å². The number of hydrogen-bond acceptors (Lipinski definition) is 2. The molecule has 1 aliphatic rings. The van der Waals surface area contributed by atoms with E-state index in [1.165, 1.54) is 0 Å². The maximum absolute atomic E-state index is 12.1. The number of nitrogens with one attached hydrogen (secondary N) is 2. The highest BCUT2D eigenvalue weighted by atomic mass is 16.4. The minimum Gasteiger partial charge on any atom is -0.481 e. The molecule has 5 nitrogen and oxygen atoms in total. The number of aromatic nitrogens is 1. The summed E-state index contributed by atoms with van der Waals surface area (Å²) in [5.41, 5.74) is 0.599. The van der Waals surface area contributed by atoms with E-state index >= 15 is 0 Å². The van der Waals surface area contributed by atoms with Crippen LogP contribution in [-0.2, 0) is 4.79 Å². The summed E-state index contributed by atoms with van der Waals surface area (Å²) in [6.45, 7) is 0.191. The third-order valence-electron chi connectivity index (χ3n) is 4.13. The molecule has 0 radical (unpaired) electrons. The minimum absolute atomic E-state index is 0.191. The fourth-order valence-corrected chi connectivity index (χ4v) is 2.61. The molecule has 1 fully saturated rings. The molecule has 3 rings (SSSR count). The lowest BCUT2D eigenvalue weighted by Gasteiger charge is -2.37. The van der Waals surface area contributed by atoms with Crippen molar-refractivity contribution >= 4 is 22.8 Å². The van der Waals surface area contributed by atoms with Crippen molar-refractivity contribution in [2.24, 2.45) is 5.41 Å². The molecule has 5 heteroatoms. The lowest BCUT2D eigenvalue weighted by Crippen LogP contribution is -2.47. The summed E-state index contributed by atoms with van der Waals surface area (Å²) in [5.74, 6) is -1.07. The molecule has 0 spiro atoms. The van der Waals surface area contributed by atoms with Gasteiger partial charge in [-0.3, -0.25) is 9.59 Å². The van der Waals surface area contributed by atoms with Gasteiger partial charge in [-0.25, -0.2) is 0 Å². The first-order valence-corrected chi connectivity index (χ1v) is 6.70. The zero-order valence-electron chi connectivity index (χ0n) is 11.0. The Kier molecular flexibility index (Phi) is 2.97. The van der Waals surface area contributed by atoms with Crippen LogP contribution in [0.3, 0.4) is 0 Å². The van der Waals surface area contributed by atoms with Crippen LogP contribution in [0.5, 0.6) is 0 Å². The molecule has 0 bridgehead atoms. The SMILES string of the molecule is O=C(NCC1(C(=O)O)CCC1)c1cc2ccccc2[nH]1. The molecule has 104 valence electrons. The van der Waals surface area contributed by atoms with Crippen LogP contribution in [0, 0.1) is 5.41 Å². The lowest BCUT2D eigenvalue weighted by atomic mass is 9.69. The summed E-state index contributed by atoms with van der Waals surface area (Å²) in [6, 6.07) is 9.41. The van der Waals surface area contributed by atoms with Crippen molar-refractivity contribution in [2.75, 3.05) is 6.54 Å². The number of carboxylic acids is 1. The Hall–Kier alpha value is -2.30. The Morgan fingerprint density at radius 1 is 1.30 bits per heavy atom. The van der Waals surface area contributed by atoms with E-state index in [4.69, 9.17) is 0 Å². The highest BCUT2D eigenvalue weighted by Crippen LogP contribution is 2.40. The molecule has 0 aliphatic heterocycles. The average Bonchev–Trinajstić information content (AvgIpc) is 2.80. The molecule has 0 atom stereocenters. The summed E-state index contributed by atoms with van der Waals surface area (Å²) in [6.07, 6.45) is 2.18. The molecular formula is C15H16N2O3. The Morgan fingerprint density at radius 3 is 2.65 bits per heavy atom. The summed E-state index contributed by atoms with van der Waals surface area (Å²) < 4.78 is 0. The Morgan fingerprint density at radius 2 is 2.05 bits per heavy atom. The minimum atomic E-state index is -0.819. The number of aromatic amines is 1. The summed E-state index contributed by atoms with van der Waals surface area (Å²) >= 11 is 0. The van der Waals surface area contributed by atoms with Gasteiger partial charge >= 0.3 is 5.97 Å². The zero-order valence-corrected chi connectivity index (χ0v) is 11.0. The molecular weight excluding hydrogens is 256 g/mol. The summed E-state index contributed by atoms with van der Waals surface area (Å²) in [7, 11) is 0. The van der Waals surface area contributed by atoms with Crippen LogP contribution in [0.1, 0.15) is 29.8 Å². The van der Waals surface area contributed by atoms with E-state index in [0.29, 0.717) is 18.5 Å². The number of hydrogen-bond donors (Lipinski definition) is 3. The third kappa shape index (κ3) is 2.05. The summed E-state index contributed by atoms with van der Waals surface area (Å²) in [4.78, 5) is 26.4. The van der Waals surface area contributed by atoms with Crippen LogP contribution in [0.4, 0.5) is 0 Å². The van der Waals surface area contributed by atoms with Crippen molar-refractivity contribution in [1.29, 1.82) is 0 Å². The number of H-pyrrole nitrogens is 1. The van der Waals surface area contributed by atoms with Gasteiger partial charge in [-0.05, 0) is 25.0 Å². The van der Waals surface area contributed by atoms with Crippen LogP contribution >= 0.6 is 0 Å². The number of carbonyl (C=O) groups is 2. The Labute approximate surface area is 116 Å². The van der Waals surface area contributed by atoms with Gasteiger partial charge in [0.05, 0.1) is 5.41 Å². The quantitative estimate of drug-likeness (QED) is 0.797. The first-order valence-electron chi connectivity index (χ1n) is 6.70. The number of benzene rings is 1. The largest absolute Gasteiger partial charge is 0.481 e. The van der Waals surface area contributed by atoms with Gasteiger partial charge in [0, 0.05) is 17.4 Å². The third-order valence-corrected chi connectivity index (χ3v) is 4.13. The van der Waals surface area contributed by atoms with E-state index in [1.807, 2.05) is 24.3 Å². The molecule has 1 aromatic heterocycles. The number of amides is 1. The standard InChI is InChI=1S/C15H16N2O3/c18-13(16-9-15(14(19)20)6-3-7-15)12-8-10-4-1-2-5-11(10)17-12/h1-2,4-5,8,17H,3,6-7,9H2,(H,16,18)(H,19,20). The molecule has 3 N–H and O–H groups in total. The second-order valence-corrected chi connectivity index (χ2v) is 5.39. The van der Waals surface area contributed by atoms with E-state index in [0.717, 1.165) is 17.3 Å². The van der Waals surface area contributed by atoms with E-state index < -0.39 is 11.4 Å². The van der Waals surface area contributed by atoms with Gasteiger partial charge in [-0.1, -0.05) is 24.6 Å². The zero-order chi connectivity index (χ0) is 14.2. The second kappa shape index (κ2) is 4.67. The van der Waals surface area contributed by atoms with Crippen LogP contribution in [0.25, 0.3) is 10.9 Å². The number of carboxylic acid groups (broad SMARTS) is 1. The molecule has 2 aromatic rings. The lowest BCUT2D eigenvalue weighted by molar-refractivity contribution is -0.153.